The smallest absolute Gasteiger partial charge is 0.140 e. The monoisotopic (exact) mass is 164 g/mol. The Labute approximate surface area is 70.0 Å². The molecule has 0 atom stereocenters. The van der Waals surface area contributed by atoms with Crippen molar-refractivity contribution in [3.05, 3.63) is 23.5 Å². The summed E-state index contributed by atoms with van der Waals surface area (Å²) in [6, 6.07) is 3.47. The molecule has 0 aliphatic heterocycles. The second kappa shape index (κ2) is 3.69. The van der Waals surface area contributed by atoms with E-state index >= 15 is 0 Å². The number of hydrogen-bond donors (Lipinski definition) is 1. The Morgan fingerprint density at radius 3 is 3.00 bits per heavy atom. The van der Waals surface area contributed by atoms with Crippen molar-refractivity contribution < 1.29 is 9.84 Å². The third-order valence-electron chi connectivity index (χ3n) is 1.42. The molecular formula is C8H8N2O2. The highest BCUT2D eigenvalue weighted by atomic mass is 16.5. The van der Waals surface area contributed by atoms with Crippen molar-refractivity contribution in [3.8, 4) is 11.8 Å². The first-order chi connectivity index (χ1) is 5.81. The van der Waals surface area contributed by atoms with Gasteiger partial charge in [0.05, 0.1) is 19.4 Å². The molecule has 4 nitrogen and oxygen atoms in total. The standard InChI is InChI=1S/C8H8N2O2/c1-12-8-2-7(5-11)10-4-6(8)3-9/h2,4,11H,5H2,1H3. The third kappa shape index (κ3) is 1.52. The zero-order valence-electron chi connectivity index (χ0n) is 6.61. The zero-order valence-corrected chi connectivity index (χ0v) is 6.61. The molecule has 1 aromatic rings. The molecule has 1 N–H and O–H groups in total. The maximum atomic E-state index is 8.72. The normalized spacial score (nSPS) is 9.08. The van der Waals surface area contributed by atoms with E-state index in [1.165, 1.54) is 13.3 Å². The van der Waals surface area contributed by atoms with E-state index in [0.29, 0.717) is 17.0 Å². The van der Waals surface area contributed by atoms with Gasteiger partial charge in [0.2, 0.25) is 0 Å². The minimum absolute atomic E-state index is 0.151. The van der Waals surface area contributed by atoms with Crippen LogP contribution in [-0.4, -0.2) is 17.2 Å². The molecule has 0 aromatic carbocycles. The Kier molecular flexibility index (Phi) is 2.62. The highest BCUT2D eigenvalue weighted by Crippen LogP contribution is 2.16. The van der Waals surface area contributed by atoms with Gasteiger partial charge in [-0.15, -0.1) is 0 Å². The lowest BCUT2D eigenvalue weighted by molar-refractivity contribution is 0.276. The molecule has 4 heteroatoms. The summed E-state index contributed by atoms with van der Waals surface area (Å²) in [5.41, 5.74) is 0.862. The van der Waals surface area contributed by atoms with Gasteiger partial charge in [0.25, 0.3) is 0 Å². The topological polar surface area (TPSA) is 66.1 Å². The summed E-state index contributed by atoms with van der Waals surface area (Å²) in [5.74, 6) is 0.441. The van der Waals surface area contributed by atoms with Crippen LogP contribution in [0.15, 0.2) is 12.3 Å². The van der Waals surface area contributed by atoms with Crippen molar-refractivity contribution in [2.45, 2.75) is 6.61 Å². The number of hydrogen-bond acceptors (Lipinski definition) is 4. The van der Waals surface area contributed by atoms with Crippen LogP contribution in [0.3, 0.4) is 0 Å². The third-order valence-corrected chi connectivity index (χ3v) is 1.42. The molecule has 12 heavy (non-hydrogen) atoms. The summed E-state index contributed by atoms with van der Waals surface area (Å²) in [7, 11) is 1.47. The van der Waals surface area contributed by atoms with Crippen molar-refractivity contribution in [1.29, 1.82) is 5.26 Å². The van der Waals surface area contributed by atoms with E-state index in [2.05, 4.69) is 4.98 Å². The molecule has 0 bridgehead atoms. The lowest BCUT2D eigenvalue weighted by Crippen LogP contribution is -1.94. The SMILES string of the molecule is COc1cc(CO)ncc1C#N. The molecule has 1 rings (SSSR count). The van der Waals surface area contributed by atoms with Crippen molar-refractivity contribution in [2.75, 3.05) is 7.11 Å². The molecule has 0 aliphatic rings. The number of ether oxygens (including phenoxy) is 1. The fraction of sp³-hybridized carbons (Fsp3) is 0.250. The number of aliphatic hydroxyl groups is 1. The average Bonchev–Trinajstić information content (AvgIpc) is 2.16. The molecule has 0 saturated heterocycles. The van der Waals surface area contributed by atoms with Crippen LogP contribution < -0.4 is 4.74 Å². The van der Waals surface area contributed by atoms with Crippen LogP contribution in [0, 0.1) is 11.3 Å². The minimum atomic E-state index is -0.151. The van der Waals surface area contributed by atoms with Gasteiger partial charge in [-0.2, -0.15) is 5.26 Å². The van der Waals surface area contributed by atoms with Gasteiger partial charge in [0.1, 0.15) is 17.4 Å². The van der Waals surface area contributed by atoms with Gasteiger partial charge < -0.3 is 9.84 Å². The highest BCUT2D eigenvalue weighted by molar-refractivity contribution is 5.41. The van der Waals surface area contributed by atoms with Gasteiger partial charge >= 0.3 is 0 Å². The Morgan fingerprint density at radius 1 is 1.75 bits per heavy atom. The van der Waals surface area contributed by atoms with Crippen LogP contribution in [0.2, 0.25) is 0 Å². The lowest BCUT2D eigenvalue weighted by Gasteiger charge is -2.02. The zero-order chi connectivity index (χ0) is 8.97. The Balaban J connectivity index is 3.13. The minimum Gasteiger partial charge on any atom is -0.495 e. The number of methoxy groups -OCH3 is 1. The number of aliphatic hydroxyl groups excluding tert-OH is 1. The summed E-state index contributed by atoms with van der Waals surface area (Å²) in [6.45, 7) is -0.151. The number of rotatable bonds is 2. The lowest BCUT2D eigenvalue weighted by atomic mass is 10.2. The van der Waals surface area contributed by atoms with Crippen LogP contribution in [-0.2, 0) is 6.61 Å². The van der Waals surface area contributed by atoms with Crippen molar-refractivity contribution in [1.82, 2.24) is 4.98 Å². The first-order valence-corrected chi connectivity index (χ1v) is 3.35. The van der Waals surface area contributed by atoms with Crippen molar-refractivity contribution in [3.63, 3.8) is 0 Å². The fourth-order valence-electron chi connectivity index (χ4n) is 0.817. The van der Waals surface area contributed by atoms with Crippen LogP contribution in [0.5, 0.6) is 5.75 Å². The Morgan fingerprint density at radius 2 is 2.50 bits per heavy atom. The van der Waals surface area contributed by atoms with Crippen LogP contribution in [0.25, 0.3) is 0 Å². The van der Waals surface area contributed by atoms with E-state index < -0.39 is 0 Å². The number of nitrogens with zero attached hydrogens (tertiary/aromatic N) is 2. The first-order valence-electron chi connectivity index (χ1n) is 3.35. The quantitative estimate of drug-likeness (QED) is 0.689. The van der Waals surface area contributed by atoms with Crippen molar-refractivity contribution >= 4 is 0 Å². The van der Waals surface area contributed by atoms with E-state index in [9.17, 15) is 0 Å². The molecule has 0 fully saturated rings. The summed E-state index contributed by atoms with van der Waals surface area (Å²) in [5, 5.41) is 17.3. The van der Waals surface area contributed by atoms with Crippen molar-refractivity contribution in [2.24, 2.45) is 0 Å². The molecule has 1 heterocycles. The van der Waals surface area contributed by atoms with E-state index in [4.69, 9.17) is 15.1 Å². The Bertz CT molecular complexity index is 317. The Hall–Kier alpha value is -1.60. The van der Waals surface area contributed by atoms with Gasteiger partial charge in [-0.3, -0.25) is 4.98 Å². The summed E-state index contributed by atoms with van der Waals surface area (Å²) in [4.78, 5) is 3.82. The predicted octanol–water partition coefficient (Wildman–Crippen LogP) is 0.454. The largest absolute Gasteiger partial charge is 0.495 e. The first kappa shape index (κ1) is 8.50. The molecule has 0 radical (unpaired) electrons. The summed E-state index contributed by atoms with van der Waals surface area (Å²) < 4.78 is 4.91. The van der Waals surface area contributed by atoms with E-state index in [1.54, 1.807) is 6.07 Å². The maximum Gasteiger partial charge on any atom is 0.140 e. The molecular weight excluding hydrogens is 156 g/mol. The molecule has 1 aromatic heterocycles. The van der Waals surface area contributed by atoms with E-state index in [-0.39, 0.29) is 6.61 Å². The molecule has 0 spiro atoms. The highest BCUT2D eigenvalue weighted by Gasteiger charge is 2.03. The molecule has 0 unspecified atom stereocenters. The second-order valence-electron chi connectivity index (χ2n) is 2.15. The van der Waals surface area contributed by atoms with E-state index in [1.807, 2.05) is 6.07 Å². The van der Waals surface area contributed by atoms with Crippen LogP contribution in [0.4, 0.5) is 0 Å². The van der Waals surface area contributed by atoms with Gasteiger partial charge in [-0.25, -0.2) is 0 Å². The molecule has 0 amide bonds. The molecule has 0 aliphatic carbocycles. The average molecular weight is 164 g/mol. The molecule has 0 saturated carbocycles. The summed E-state index contributed by atoms with van der Waals surface area (Å²) in [6.07, 6.45) is 1.38. The predicted molar refractivity (Wildman–Crippen MR) is 41.4 cm³/mol. The van der Waals surface area contributed by atoms with Gasteiger partial charge in [0, 0.05) is 12.3 Å². The number of aromatic nitrogens is 1. The second-order valence-corrected chi connectivity index (χ2v) is 2.15. The van der Waals surface area contributed by atoms with Gasteiger partial charge in [0.15, 0.2) is 0 Å². The van der Waals surface area contributed by atoms with E-state index in [0.717, 1.165) is 0 Å². The summed E-state index contributed by atoms with van der Waals surface area (Å²) >= 11 is 0. The number of nitriles is 1. The van der Waals surface area contributed by atoms with Crippen LogP contribution in [0.1, 0.15) is 11.3 Å². The fourth-order valence-corrected chi connectivity index (χ4v) is 0.817. The number of pyridine rings is 1. The molecule has 62 valence electrons. The maximum absolute atomic E-state index is 8.72. The van der Waals surface area contributed by atoms with Gasteiger partial charge in [-0.05, 0) is 0 Å². The van der Waals surface area contributed by atoms with Gasteiger partial charge in [-0.1, -0.05) is 0 Å². The van der Waals surface area contributed by atoms with Crippen LogP contribution >= 0.6 is 0 Å².